The Balaban J connectivity index is 1.83. The molecular weight excluding hydrogens is 476 g/mol. The lowest BCUT2D eigenvalue weighted by Crippen LogP contribution is -2.22. The molecular formula is C24H26N2O8S. The minimum Gasteiger partial charge on any atom is -0.490 e. The van der Waals surface area contributed by atoms with E-state index in [2.05, 4.69) is 4.99 Å². The molecule has 2 aromatic carbocycles. The van der Waals surface area contributed by atoms with Crippen LogP contribution in [0.2, 0.25) is 0 Å². The molecule has 2 heterocycles. The van der Waals surface area contributed by atoms with Crippen LogP contribution in [0.25, 0.3) is 10.2 Å². The van der Waals surface area contributed by atoms with Crippen molar-refractivity contribution >= 4 is 33.4 Å². The van der Waals surface area contributed by atoms with Crippen molar-refractivity contribution in [1.82, 2.24) is 4.57 Å². The van der Waals surface area contributed by atoms with Gasteiger partial charge in [-0.25, -0.2) is 0 Å². The van der Waals surface area contributed by atoms with Crippen molar-refractivity contribution in [3.63, 3.8) is 0 Å². The first kappa shape index (κ1) is 24.4. The Kier molecular flexibility index (Phi) is 7.45. The lowest BCUT2D eigenvalue weighted by Gasteiger charge is -2.16. The second-order valence-electron chi connectivity index (χ2n) is 7.24. The Labute approximate surface area is 205 Å². The highest BCUT2D eigenvalue weighted by Crippen LogP contribution is 2.40. The number of carbonyl (C=O) groups excluding carboxylic acids is 2. The Morgan fingerprint density at radius 2 is 1.60 bits per heavy atom. The summed E-state index contributed by atoms with van der Waals surface area (Å²) in [5.41, 5.74) is 0.935. The molecule has 1 aliphatic rings. The fourth-order valence-corrected chi connectivity index (χ4v) is 4.59. The van der Waals surface area contributed by atoms with Gasteiger partial charge < -0.3 is 33.0 Å². The van der Waals surface area contributed by atoms with Crippen molar-refractivity contribution in [3.8, 4) is 28.7 Å². The Bertz CT molecular complexity index is 1300. The van der Waals surface area contributed by atoms with E-state index in [1.54, 1.807) is 28.8 Å². The van der Waals surface area contributed by atoms with Crippen LogP contribution in [-0.2, 0) is 16.1 Å². The summed E-state index contributed by atoms with van der Waals surface area (Å²) in [6, 6.07) is 6.73. The smallest absolute Gasteiger partial charge is 0.325 e. The van der Waals surface area contributed by atoms with E-state index in [0.717, 1.165) is 4.70 Å². The molecule has 1 amide bonds. The molecule has 0 fully saturated rings. The van der Waals surface area contributed by atoms with E-state index in [4.69, 9.17) is 28.4 Å². The van der Waals surface area contributed by atoms with Crippen LogP contribution in [0.3, 0.4) is 0 Å². The van der Waals surface area contributed by atoms with Crippen LogP contribution in [0.5, 0.6) is 28.7 Å². The van der Waals surface area contributed by atoms with Crippen LogP contribution in [-0.4, -0.2) is 50.2 Å². The zero-order valence-corrected chi connectivity index (χ0v) is 20.7. The predicted octanol–water partition coefficient (Wildman–Crippen LogP) is 3.54. The lowest BCUT2D eigenvalue weighted by molar-refractivity contribution is -0.141. The van der Waals surface area contributed by atoms with Crippen LogP contribution in [0, 0.1) is 0 Å². The zero-order valence-electron chi connectivity index (χ0n) is 19.9. The van der Waals surface area contributed by atoms with Crippen LogP contribution < -0.4 is 28.5 Å². The van der Waals surface area contributed by atoms with Crippen LogP contribution in [0.15, 0.2) is 29.3 Å². The third-order valence-electron chi connectivity index (χ3n) is 5.05. The second-order valence-corrected chi connectivity index (χ2v) is 8.25. The number of rotatable bonds is 9. The molecule has 0 atom stereocenters. The molecule has 0 radical (unpaired) electrons. The molecule has 4 rings (SSSR count). The molecule has 10 nitrogen and oxygen atoms in total. The number of amides is 1. The van der Waals surface area contributed by atoms with E-state index in [0.29, 0.717) is 58.9 Å². The number of esters is 1. The SMILES string of the molecule is CCOc1cc(C(=O)N=c2sc3cc4c(cc3n2CC(=O)OC)OCO4)cc(OCC)c1OCC. The van der Waals surface area contributed by atoms with Gasteiger partial charge in [-0.05, 0) is 32.9 Å². The monoisotopic (exact) mass is 502 g/mol. The summed E-state index contributed by atoms with van der Waals surface area (Å²) in [6.07, 6.45) is 0. The molecule has 0 saturated heterocycles. The maximum atomic E-state index is 13.3. The number of nitrogens with zero attached hydrogens (tertiary/aromatic N) is 2. The van der Waals surface area contributed by atoms with Gasteiger partial charge in [0.1, 0.15) is 6.54 Å². The van der Waals surface area contributed by atoms with Gasteiger partial charge in [-0.3, -0.25) is 9.59 Å². The fraction of sp³-hybridized carbons (Fsp3) is 0.375. The van der Waals surface area contributed by atoms with Gasteiger partial charge >= 0.3 is 5.97 Å². The van der Waals surface area contributed by atoms with Crippen molar-refractivity contribution in [2.75, 3.05) is 33.7 Å². The largest absolute Gasteiger partial charge is 0.490 e. The van der Waals surface area contributed by atoms with Crippen molar-refractivity contribution in [2.24, 2.45) is 4.99 Å². The standard InChI is InChI=1S/C24H26N2O8S/c1-5-30-18-8-14(9-19(31-6-2)22(18)32-7-3)23(28)25-24-26(12-21(27)29-4)15-10-16-17(34-13-33-16)11-20(15)35-24/h8-11H,5-7,12-13H2,1-4H3. The maximum Gasteiger partial charge on any atom is 0.325 e. The number of benzene rings is 2. The highest BCUT2D eigenvalue weighted by molar-refractivity contribution is 7.16. The van der Waals surface area contributed by atoms with Gasteiger partial charge in [0.15, 0.2) is 27.8 Å². The number of hydrogen-bond acceptors (Lipinski definition) is 9. The molecule has 35 heavy (non-hydrogen) atoms. The molecule has 3 aromatic rings. The van der Waals surface area contributed by atoms with E-state index in [9.17, 15) is 9.59 Å². The third-order valence-corrected chi connectivity index (χ3v) is 6.09. The van der Waals surface area contributed by atoms with Gasteiger partial charge in [-0.1, -0.05) is 11.3 Å². The summed E-state index contributed by atoms with van der Waals surface area (Å²) < 4.78 is 35.3. The minimum absolute atomic E-state index is 0.125. The van der Waals surface area contributed by atoms with Crippen LogP contribution >= 0.6 is 11.3 Å². The first-order valence-electron chi connectivity index (χ1n) is 11.1. The molecule has 1 aliphatic heterocycles. The summed E-state index contributed by atoms with van der Waals surface area (Å²) in [6.45, 7) is 6.70. The lowest BCUT2D eigenvalue weighted by atomic mass is 10.1. The van der Waals surface area contributed by atoms with Crippen LogP contribution in [0.4, 0.5) is 0 Å². The highest BCUT2D eigenvalue weighted by Gasteiger charge is 2.21. The van der Waals surface area contributed by atoms with Gasteiger partial charge in [0.05, 0.1) is 37.1 Å². The number of thiazole rings is 1. The van der Waals surface area contributed by atoms with E-state index >= 15 is 0 Å². The minimum atomic E-state index is -0.528. The first-order valence-corrected chi connectivity index (χ1v) is 12.0. The maximum absolute atomic E-state index is 13.3. The van der Waals surface area contributed by atoms with Gasteiger partial charge in [0.25, 0.3) is 5.91 Å². The summed E-state index contributed by atoms with van der Waals surface area (Å²) in [5, 5.41) is 0. The number of fused-ring (bicyclic) bond motifs is 2. The molecule has 1 aromatic heterocycles. The molecule has 0 unspecified atom stereocenters. The predicted molar refractivity (Wildman–Crippen MR) is 128 cm³/mol. The average molecular weight is 503 g/mol. The van der Waals surface area contributed by atoms with Crippen molar-refractivity contribution in [1.29, 1.82) is 0 Å². The summed E-state index contributed by atoms with van der Waals surface area (Å²) in [4.78, 5) is 30.1. The number of ether oxygens (including phenoxy) is 6. The van der Waals surface area contributed by atoms with E-state index < -0.39 is 11.9 Å². The molecule has 0 aliphatic carbocycles. The van der Waals surface area contributed by atoms with Gasteiger partial charge in [0.2, 0.25) is 12.5 Å². The Morgan fingerprint density at radius 1 is 0.971 bits per heavy atom. The Morgan fingerprint density at radius 3 is 2.20 bits per heavy atom. The number of carbonyl (C=O) groups is 2. The topological polar surface area (TPSA) is 107 Å². The van der Waals surface area contributed by atoms with E-state index in [-0.39, 0.29) is 18.9 Å². The molecule has 11 heteroatoms. The van der Waals surface area contributed by atoms with Gasteiger partial charge in [0, 0.05) is 17.7 Å². The normalized spacial score (nSPS) is 12.6. The third kappa shape index (κ3) is 5.04. The zero-order chi connectivity index (χ0) is 24.9. The van der Waals surface area contributed by atoms with E-state index in [1.807, 2.05) is 20.8 Å². The molecule has 186 valence electrons. The number of methoxy groups -OCH3 is 1. The summed E-state index contributed by atoms with van der Waals surface area (Å²) in [5.74, 6) is 1.36. The summed E-state index contributed by atoms with van der Waals surface area (Å²) >= 11 is 1.25. The molecule has 0 spiro atoms. The van der Waals surface area contributed by atoms with Crippen molar-refractivity contribution < 1.29 is 38.0 Å². The van der Waals surface area contributed by atoms with Crippen LogP contribution in [0.1, 0.15) is 31.1 Å². The van der Waals surface area contributed by atoms with Gasteiger partial charge in [-0.2, -0.15) is 4.99 Å². The summed E-state index contributed by atoms with van der Waals surface area (Å²) in [7, 11) is 1.30. The molecule has 0 bridgehead atoms. The number of aromatic nitrogens is 1. The number of hydrogen-bond donors (Lipinski definition) is 0. The first-order chi connectivity index (χ1) is 17.0. The quantitative estimate of drug-likeness (QED) is 0.409. The van der Waals surface area contributed by atoms with Gasteiger partial charge in [-0.15, -0.1) is 0 Å². The molecule has 0 saturated carbocycles. The fourth-order valence-electron chi connectivity index (χ4n) is 3.55. The average Bonchev–Trinajstić information content (AvgIpc) is 3.43. The second kappa shape index (κ2) is 10.7. The highest BCUT2D eigenvalue weighted by atomic mass is 32.1. The van der Waals surface area contributed by atoms with E-state index in [1.165, 1.54) is 18.4 Å². The van der Waals surface area contributed by atoms with Crippen molar-refractivity contribution in [2.45, 2.75) is 27.3 Å². The van der Waals surface area contributed by atoms with Crippen molar-refractivity contribution in [3.05, 3.63) is 34.6 Å². The Hall–Kier alpha value is -3.73. The molecule has 0 N–H and O–H groups in total.